The van der Waals surface area contributed by atoms with E-state index in [0.29, 0.717) is 31.1 Å². The van der Waals surface area contributed by atoms with Crippen LogP contribution in [-0.2, 0) is 10.0 Å². The van der Waals surface area contributed by atoms with Crippen LogP contribution in [0.4, 0.5) is 5.82 Å². The molecule has 1 aliphatic heterocycles. The van der Waals surface area contributed by atoms with E-state index in [1.807, 2.05) is 43.7 Å². The van der Waals surface area contributed by atoms with E-state index >= 15 is 0 Å². The fourth-order valence-electron chi connectivity index (χ4n) is 3.55. The number of benzene rings is 1. The number of aromatic nitrogens is 4. The molecule has 3 heterocycles. The zero-order valence-corrected chi connectivity index (χ0v) is 17.6. The molecular weight excluding hydrogens is 388 g/mol. The molecule has 0 amide bonds. The predicted molar refractivity (Wildman–Crippen MR) is 111 cm³/mol. The summed E-state index contributed by atoms with van der Waals surface area (Å²) in [6.45, 7) is 7.77. The maximum atomic E-state index is 13.2. The third-order valence-electron chi connectivity index (χ3n) is 5.38. The standard InChI is InChI=1S/C20H24N6O2S/c1-15-10-17(3)18(11-16(15)2)29(27,28)26-8-6-24(7-9-26)19-12-20(23-13-22-19)25-5-4-21-14-25/h4-5,10-14H,6-9H2,1-3H3. The average Bonchev–Trinajstić information content (AvgIpc) is 3.26. The Balaban J connectivity index is 1.51. The molecule has 8 nitrogen and oxygen atoms in total. The van der Waals surface area contributed by atoms with Gasteiger partial charge in [0, 0.05) is 44.6 Å². The van der Waals surface area contributed by atoms with E-state index in [4.69, 9.17) is 0 Å². The van der Waals surface area contributed by atoms with Crippen molar-refractivity contribution in [1.29, 1.82) is 0 Å². The molecule has 0 saturated carbocycles. The molecule has 1 saturated heterocycles. The van der Waals surface area contributed by atoms with E-state index in [9.17, 15) is 8.42 Å². The minimum Gasteiger partial charge on any atom is -0.354 e. The molecule has 3 aromatic rings. The van der Waals surface area contributed by atoms with Crippen molar-refractivity contribution in [3.63, 3.8) is 0 Å². The molecule has 0 bridgehead atoms. The smallest absolute Gasteiger partial charge is 0.243 e. The topological polar surface area (TPSA) is 84.2 Å². The maximum Gasteiger partial charge on any atom is 0.243 e. The summed E-state index contributed by atoms with van der Waals surface area (Å²) < 4.78 is 29.8. The van der Waals surface area contributed by atoms with Crippen LogP contribution < -0.4 is 4.90 Å². The van der Waals surface area contributed by atoms with Gasteiger partial charge >= 0.3 is 0 Å². The van der Waals surface area contributed by atoms with Crippen molar-refractivity contribution in [2.45, 2.75) is 25.7 Å². The van der Waals surface area contributed by atoms with Crippen LogP contribution >= 0.6 is 0 Å². The number of nitrogens with zero attached hydrogens (tertiary/aromatic N) is 6. The van der Waals surface area contributed by atoms with Gasteiger partial charge in [0.05, 0.1) is 4.90 Å². The highest BCUT2D eigenvalue weighted by atomic mass is 32.2. The van der Waals surface area contributed by atoms with E-state index in [0.717, 1.165) is 28.3 Å². The summed E-state index contributed by atoms with van der Waals surface area (Å²) in [4.78, 5) is 15.2. The number of hydrogen-bond donors (Lipinski definition) is 0. The highest BCUT2D eigenvalue weighted by molar-refractivity contribution is 7.89. The van der Waals surface area contributed by atoms with Gasteiger partial charge in [0.2, 0.25) is 10.0 Å². The van der Waals surface area contributed by atoms with E-state index in [-0.39, 0.29) is 0 Å². The van der Waals surface area contributed by atoms with Gasteiger partial charge in [-0.2, -0.15) is 4.31 Å². The lowest BCUT2D eigenvalue weighted by Gasteiger charge is -2.35. The molecule has 2 aromatic heterocycles. The Labute approximate surface area is 170 Å². The van der Waals surface area contributed by atoms with Crippen LogP contribution in [0.5, 0.6) is 0 Å². The van der Waals surface area contributed by atoms with E-state index < -0.39 is 10.0 Å². The Morgan fingerprint density at radius 2 is 1.55 bits per heavy atom. The van der Waals surface area contributed by atoms with Gasteiger partial charge in [0.25, 0.3) is 0 Å². The second-order valence-electron chi connectivity index (χ2n) is 7.30. The Morgan fingerprint density at radius 3 is 2.24 bits per heavy atom. The summed E-state index contributed by atoms with van der Waals surface area (Å²) in [7, 11) is -3.52. The summed E-state index contributed by atoms with van der Waals surface area (Å²) in [5, 5.41) is 0. The van der Waals surface area contributed by atoms with E-state index in [1.165, 1.54) is 6.33 Å². The quantitative estimate of drug-likeness (QED) is 0.653. The predicted octanol–water partition coefficient (Wildman–Crippen LogP) is 2.10. The molecule has 9 heteroatoms. The Morgan fingerprint density at radius 1 is 0.862 bits per heavy atom. The summed E-state index contributed by atoms with van der Waals surface area (Å²) in [6, 6.07) is 5.62. The lowest BCUT2D eigenvalue weighted by atomic mass is 10.1. The third kappa shape index (κ3) is 3.75. The first-order valence-corrected chi connectivity index (χ1v) is 10.9. The number of aryl methyl sites for hydroxylation is 3. The van der Waals surface area contributed by atoms with Crippen molar-refractivity contribution >= 4 is 15.8 Å². The largest absolute Gasteiger partial charge is 0.354 e. The monoisotopic (exact) mass is 412 g/mol. The zero-order chi connectivity index (χ0) is 20.6. The van der Waals surface area contributed by atoms with Gasteiger partial charge in [-0.1, -0.05) is 6.07 Å². The molecular formula is C20H24N6O2S. The van der Waals surface area contributed by atoms with Crippen molar-refractivity contribution in [1.82, 2.24) is 23.8 Å². The molecule has 0 N–H and O–H groups in total. The highest BCUT2D eigenvalue weighted by Crippen LogP contribution is 2.25. The van der Waals surface area contributed by atoms with Gasteiger partial charge in [-0.25, -0.2) is 23.4 Å². The summed E-state index contributed by atoms with van der Waals surface area (Å²) >= 11 is 0. The van der Waals surface area contributed by atoms with Crippen molar-refractivity contribution in [2.75, 3.05) is 31.1 Å². The molecule has 0 spiro atoms. The molecule has 1 fully saturated rings. The molecule has 0 aliphatic carbocycles. The second-order valence-corrected chi connectivity index (χ2v) is 9.20. The number of hydrogen-bond acceptors (Lipinski definition) is 6. The third-order valence-corrected chi connectivity index (χ3v) is 7.42. The van der Waals surface area contributed by atoms with Crippen LogP contribution in [0, 0.1) is 20.8 Å². The van der Waals surface area contributed by atoms with Gasteiger partial charge in [0.15, 0.2) is 0 Å². The summed E-state index contributed by atoms with van der Waals surface area (Å²) in [6.07, 6.45) is 6.72. The van der Waals surface area contributed by atoms with Gasteiger partial charge in [0.1, 0.15) is 24.3 Å². The number of imidazole rings is 1. The average molecular weight is 413 g/mol. The first-order valence-electron chi connectivity index (χ1n) is 9.49. The maximum absolute atomic E-state index is 13.2. The molecule has 29 heavy (non-hydrogen) atoms. The highest BCUT2D eigenvalue weighted by Gasteiger charge is 2.30. The first kappa shape index (κ1) is 19.5. The van der Waals surface area contributed by atoms with Crippen LogP contribution in [0.2, 0.25) is 0 Å². The molecule has 0 unspecified atom stereocenters. The van der Waals surface area contributed by atoms with Crippen LogP contribution in [0.15, 0.2) is 48.1 Å². The number of sulfonamides is 1. The molecule has 1 aliphatic rings. The van der Waals surface area contributed by atoms with Crippen LogP contribution in [0.1, 0.15) is 16.7 Å². The first-order chi connectivity index (χ1) is 13.9. The summed E-state index contributed by atoms with van der Waals surface area (Å²) in [5.74, 6) is 1.51. The lowest BCUT2D eigenvalue weighted by molar-refractivity contribution is 0.383. The lowest BCUT2D eigenvalue weighted by Crippen LogP contribution is -2.49. The molecule has 0 atom stereocenters. The molecule has 0 radical (unpaired) electrons. The number of rotatable bonds is 4. The number of piperazine rings is 1. The Bertz CT molecular complexity index is 1120. The minimum absolute atomic E-state index is 0.401. The van der Waals surface area contributed by atoms with Gasteiger partial charge in [-0.05, 0) is 43.5 Å². The van der Waals surface area contributed by atoms with Gasteiger partial charge < -0.3 is 4.90 Å². The van der Waals surface area contributed by atoms with Crippen LogP contribution in [-0.4, -0.2) is 58.4 Å². The normalized spacial score (nSPS) is 15.6. The number of anilines is 1. The van der Waals surface area contributed by atoms with Gasteiger partial charge in [-0.3, -0.25) is 4.57 Å². The van der Waals surface area contributed by atoms with Crippen LogP contribution in [0.25, 0.3) is 5.82 Å². The van der Waals surface area contributed by atoms with E-state index in [2.05, 4.69) is 19.9 Å². The Hall–Kier alpha value is -2.78. The zero-order valence-electron chi connectivity index (χ0n) is 16.8. The fraction of sp³-hybridized carbons (Fsp3) is 0.350. The minimum atomic E-state index is -3.52. The van der Waals surface area contributed by atoms with Crippen molar-refractivity contribution < 1.29 is 8.42 Å². The Kier molecular flexibility index (Phi) is 5.10. The van der Waals surface area contributed by atoms with Crippen molar-refractivity contribution in [3.05, 3.63) is 59.9 Å². The summed E-state index contributed by atoms with van der Waals surface area (Å²) in [5.41, 5.74) is 2.88. The molecule has 4 rings (SSSR count). The van der Waals surface area contributed by atoms with E-state index in [1.54, 1.807) is 22.9 Å². The van der Waals surface area contributed by atoms with Crippen molar-refractivity contribution in [3.8, 4) is 5.82 Å². The van der Waals surface area contributed by atoms with Gasteiger partial charge in [-0.15, -0.1) is 0 Å². The molecule has 152 valence electrons. The van der Waals surface area contributed by atoms with Crippen LogP contribution in [0.3, 0.4) is 0 Å². The SMILES string of the molecule is Cc1cc(C)c(S(=O)(=O)N2CCN(c3cc(-n4ccnc4)ncn3)CC2)cc1C. The second kappa shape index (κ2) is 7.57. The van der Waals surface area contributed by atoms with Crippen molar-refractivity contribution in [2.24, 2.45) is 0 Å². The molecule has 1 aromatic carbocycles. The fourth-order valence-corrected chi connectivity index (χ4v) is 5.27.